The third kappa shape index (κ3) is 1.34. The number of aromatic amines is 2. The molecule has 0 fully saturated rings. The second kappa shape index (κ2) is 3.37. The number of aromatic nitrogens is 6. The maximum Gasteiger partial charge on any atom is 0.336 e. The van der Waals surface area contributed by atoms with Gasteiger partial charge in [0.25, 0.3) is 11.5 Å². The number of H-pyrrole nitrogens is 2. The van der Waals surface area contributed by atoms with Crippen molar-refractivity contribution >= 4 is 10.9 Å². The van der Waals surface area contributed by atoms with Crippen molar-refractivity contribution in [2.75, 3.05) is 0 Å². The number of fused-ring (bicyclic) bond motifs is 1. The van der Waals surface area contributed by atoms with Gasteiger partial charge in [0.05, 0.1) is 10.9 Å². The SMILES string of the molecule is O=c1[nH]c2ccccc2c(=O)n1-c1nn[nH]n1. The van der Waals surface area contributed by atoms with E-state index in [0.29, 0.717) is 10.9 Å². The summed E-state index contributed by atoms with van der Waals surface area (Å²) in [5.74, 6) is -0.0815. The second-order valence-corrected chi connectivity index (χ2v) is 3.33. The van der Waals surface area contributed by atoms with E-state index in [-0.39, 0.29) is 5.95 Å². The summed E-state index contributed by atoms with van der Waals surface area (Å²) in [7, 11) is 0. The van der Waals surface area contributed by atoms with Crippen LogP contribution in [0.15, 0.2) is 33.9 Å². The predicted octanol–water partition coefficient (Wildman–Crippen LogP) is -0.808. The van der Waals surface area contributed by atoms with Crippen LogP contribution in [0.4, 0.5) is 0 Å². The summed E-state index contributed by atoms with van der Waals surface area (Å²) >= 11 is 0. The number of nitrogens with zero attached hydrogens (tertiary/aromatic N) is 4. The highest BCUT2D eigenvalue weighted by molar-refractivity contribution is 5.77. The van der Waals surface area contributed by atoms with Gasteiger partial charge in [0.2, 0.25) is 0 Å². The number of nitrogens with one attached hydrogen (secondary N) is 2. The van der Waals surface area contributed by atoms with E-state index in [9.17, 15) is 9.59 Å². The number of tetrazole rings is 1. The average Bonchev–Trinajstić information content (AvgIpc) is 2.83. The molecule has 0 radical (unpaired) electrons. The van der Waals surface area contributed by atoms with Gasteiger partial charge in [-0.05, 0) is 17.3 Å². The van der Waals surface area contributed by atoms with Crippen LogP contribution in [-0.4, -0.2) is 30.2 Å². The summed E-state index contributed by atoms with van der Waals surface area (Å²) in [5, 5.41) is 13.1. The molecule has 0 saturated heterocycles. The Morgan fingerprint density at radius 1 is 1.18 bits per heavy atom. The van der Waals surface area contributed by atoms with Crippen LogP contribution in [-0.2, 0) is 0 Å². The molecule has 2 N–H and O–H groups in total. The summed E-state index contributed by atoms with van der Waals surface area (Å²) in [6.07, 6.45) is 0. The molecule has 0 aliphatic carbocycles. The van der Waals surface area contributed by atoms with Crippen LogP contribution in [0.1, 0.15) is 0 Å². The molecule has 8 heteroatoms. The van der Waals surface area contributed by atoms with Crippen LogP contribution in [0, 0.1) is 0 Å². The lowest BCUT2D eigenvalue weighted by Gasteiger charge is -2.00. The Balaban J connectivity index is 2.49. The maximum atomic E-state index is 12.1. The van der Waals surface area contributed by atoms with Gasteiger partial charge in [-0.2, -0.15) is 9.78 Å². The molecule has 2 heterocycles. The summed E-state index contributed by atoms with van der Waals surface area (Å²) in [4.78, 5) is 26.4. The van der Waals surface area contributed by atoms with Gasteiger partial charge in [0, 0.05) is 0 Å². The first-order valence-electron chi connectivity index (χ1n) is 4.75. The summed E-state index contributed by atoms with van der Waals surface area (Å²) in [5.41, 5.74) is -0.608. The van der Waals surface area contributed by atoms with Crippen molar-refractivity contribution in [1.82, 2.24) is 30.2 Å². The molecule has 0 atom stereocenters. The maximum absolute atomic E-state index is 12.1. The molecule has 0 saturated carbocycles. The minimum atomic E-state index is -0.602. The standard InChI is InChI=1S/C9H6N6O2/c16-7-5-3-1-2-4-6(5)10-9(17)15(7)8-11-13-14-12-8/h1-4H,(H,10,17)(H,11,12,13,14). The van der Waals surface area contributed by atoms with Crippen molar-refractivity contribution in [2.24, 2.45) is 0 Å². The number of benzene rings is 1. The van der Waals surface area contributed by atoms with E-state index in [1.54, 1.807) is 24.3 Å². The van der Waals surface area contributed by atoms with Gasteiger partial charge in [-0.3, -0.25) is 4.79 Å². The smallest absolute Gasteiger partial charge is 0.306 e. The lowest BCUT2D eigenvalue weighted by atomic mass is 10.2. The molecular formula is C9H6N6O2. The lowest BCUT2D eigenvalue weighted by Crippen LogP contribution is -2.34. The van der Waals surface area contributed by atoms with E-state index < -0.39 is 11.2 Å². The van der Waals surface area contributed by atoms with Gasteiger partial charge in [0.1, 0.15) is 0 Å². The molecule has 2 aromatic heterocycles. The Kier molecular flexibility index (Phi) is 1.87. The number of hydrogen-bond acceptors (Lipinski definition) is 5. The summed E-state index contributed by atoms with van der Waals surface area (Å²) < 4.78 is 0.825. The first kappa shape index (κ1) is 9.46. The minimum Gasteiger partial charge on any atom is -0.306 e. The second-order valence-electron chi connectivity index (χ2n) is 3.33. The molecule has 8 nitrogen and oxygen atoms in total. The van der Waals surface area contributed by atoms with E-state index in [4.69, 9.17) is 0 Å². The molecule has 1 aromatic carbocycles. The number of hydrogen-bond donors (Lipinski definition) is 2. The van der Waals surface area contributed by atoms with Crippen molar-refractivity contribution in [3.63, 3.8) is 0 Å². The van der Waals surface area contributed by atoms with Crippen LogP contribution in [0.5, 0.6) is 0 Å². The first-order chi connectivity index (χ1) is 8.27. The Hall–Kier alpha value is -2.77. The molecule has 0 amide bonds. The topological polar surface area (TPSA) is 109 Å². The average molecular weight is 230 g/mol. The fourth-order valence-electron chi connectivity index (χ4n) is 1.60. The van der Waals surface area contributed by atoms with Crippen molar-refractivity contribution in [3.8, 4) is 5.95 Å². The van der Waals surface area contributed by atoms with Crippen molar-refractivity contribution < 1.29 is 0 Å². The van der Waals surface area contributed by atoms with Crippen molar-refractivity contribution in [1.29, 1.82) is 0 Å². The molecule has 0 aliphatic rings. The van der Waals surface area contributed by atoms with Crippen LogP contribution in [0.25, 0.3) is 16.9 Å². The minimum absolute atomic E-state index is 0.0815. The Morgan fingerprint density at radius 2 is 2.00 bits per heavy atom. The highest BCUT2D eigenvalue weighted by Crippen LogP contribution is 2.03. The first-order valence-corrected chi connectivity index (χ1v) is 4.75. The molecule has 3 aromatic rings. The van der Waals surface area contributed by atoms with Crippen molar-refractivity contribution in [3.05, 3.63) is 45.1 Å². The molecule has 17 heavy (non-hydrogen) atoms. The molecule has 0 spiro atoms. The molecule has 0 bridgehead atoms. The molecule has 0 aliphatic heterocycles. The van der Waals surface area contributed by atoms with E-state index >= 15 is 0 Å². The molecule has 84 valence electrons. The largest absolute Gasteiger partial charge is 0.336 e. The Bertz CT molecular complexity index is 785. The summed E-state index contributed by atoms with van der Waals surface area (Å²) in [6, 6.07) is 6.71. The fourth-order valence-corrected chi connectivity index (χ4v) is 1.60. The highest BCUT2D eigenvalue weighted by atomic mass is 16.2. The molecule has 0 unspecified atom stereocenters. The van der Waals surface area contributed by atoms with Crippen LogP contribution < -0.4 is 11.2 Å². The Morgan fingerprint density at radius 3 is 2.76 bits per heavy atom. The summed E-state index contributed by atoms with van der Waals surface area (Å²) in [6.45, 7) is 0. The van der Waals surface area contributed by atoms with Crippen LogP contribution in [0.2, 0.25) is 0 Å². The zero-order valence-electron chi connectivity index (χ0n) is 8.41. The third-order valence-corrected chi connectivity index (χ3v) is 2.34. The van der Waals surface area contributed by atoms with E-state index in [1.807, 2.05) is 0 Å². The lowest BCUT2D eigenvalue weighted by molar-refractivity contribution is 0.833. The van der Waals surface area contributed by atoms with E-state index in [1.165, 1.54) is 0 Å². The van der Waals surface area contributed by atoms with Gasteiger partial charge < -0.3 is 4.98 Å². The van der Waals surface area contributed by atoms with Gasteiger partial charge in [-0.25, -0.2) is 4.79 Å². The van der Waals surface area contributed by atoms with Gasteiger partial charge >= 0.3 is 5.69 Å². The van der Waals surface area contributed by atoms with Gasteiger partial charge in [-0.1, -0.05) is 17.2 Å². The number of para-hydroxylation sites is 1. The Labute approximate surface area is 92.9 Å². The van der Waals surface area contributed by atoms with Gasteiger partial charge in [0.15, 0.2) is 0 Å². The fraction of sp³-hybridized carbons (Fsp3) is 0. The zero-order chi connectivity index (χ0) is 11.8. The predicted molar refractivity (Wildman–Crippen MR) is 57.9 cm³/mol. The zero-order valence-corrected chi connectivity index (χ0v) is 8.41. The quantitative estimate of drug-likeness (QED) is 0.568. The molecule has 3 rings (SSSR count). The van der Waals surface area contributed by atoms with E-state index in [0.717, 1.165) is 4.57 Å². The van der Waals surface area contributed by atoms with Crippen molar-refractivity contribution in [2.45, 2.75) is 0 Å². The third-order valence-electron chi connectivity index (χ3n) is 2.34. The normalized spacial score (nSPS) is 10.8. The van der Waals surface area contributed by atoms with Gasteiger partial charge in [-0.15, -0.1) is 5.10 Å². The molecular weight excluding hydrogens is 224 g/mol. The van der Waals surface area contributed by atoms with Crippen LogP contribution >= 0.6 is 0 Å². The van der Waals surface area contributed by atoms with E-state index in [2.05, 4.69) is 25.6 Å². The van der Waals surface area contributed by atoms with Crippen LogP contribution in [0.3, 0.4) is 0 Å². The monoisotopic (exact) mass is 230 g/mol. The highest BCUT2D eigenvalue weighted by Gasteiger charge is 2.11. The number of rotatable bonds is 1.